The molecular formula is C15H13BrCl2O. The highest BCUT2D eigenvalue weighted by Gasteiger charge is 2.17. The Labute approximate surface area is 131 Å². The van der Waals surface area contributed by atoms with E-state index in [4.69, 9.17) is 27.9 Å². The smallest absolute Gasteiger partial charge is 0.119 e. The van der Waals surface area contributed by atoms with Crippen LogP contribution in [0, 0.1) is 6.92 Å². The Bertz CT molecular complexity index is 599. The lowest BCUT2D eigenvalue weighted by Gasteiger charge is -2.16. The summed E-state index contributed by atoms with van der Waals surface area (Å²) >= 11 is 16.2. The molecule has 1 atom stereocenters. The third kappa shape index (κ3) is 3.25. The normalized spacial score (nSPS) is 12.3. The molecule has 1 unspecified atom stereocenters. The highest BCUT2D eigenvalue weighted by molar-refractivity contribution is 9.10. The zero-order valence-corrected chi connectivity index (χ0v) is 13.7. The van der Waals surface area contributed by atoms with Crippen LogP contribution in [0.5, 0.6) is 5.75 Å². The summed E-state index contributed by atoms with van der Waals surface area (Å²) in [5.41, 5.74) is 3.00. The summed E-state index contributed by atoms with van der Waals surface area (Å²) in [6.45, 7) is 2.01. The number of aryl methyl sites for hydroxylation is 1. The molecule has 1 nitrogen and oxygen atoms in total. The first-order valence-corrected chi connectivity index (χ1v) is 7.37. The Hall–Kier alpha value is -0.700. The fourth-order valence-corrected chi connectivity index (χ4v) is 3.02. The van der Waals surface area contributed by atoms with Crippen molar-refractivity contribution in [1.82, 2.24) is 0 Å². The molecule has 0 aliphatic heterocycles. The summed E-state index contributed by atoms with van der Waals surface area (Å²) in [6.07, 6.45) is 0. The van der Waals surface area contributed by atoms with E-state index < -0.39 is 0 Å². The molecule has 0 amide bonds. The molecule has 2 aromatic rings. The number of alkyl halides is 1. The van der Waals surface area contributed by atoms with Gasteiger partial charge < -0.3 is 4.74 Å². The second-order valence-corrected chi connectivity index (χ2v) is 6.01. The minimum atomic E-state index is -0.282. The van der Waals surface area contributed by atoms with Crippen LogP contribution in [-0.4, -0.2) is 7.11 Å². The summed E-state index contributed by atoms with van der Waals surface area (Å²) in [6, 6.07) is 11.5. The van der Waals surface area contributed by atoms with E-state index in [1.54, 1.807) is 7.11 Å². The summed E-state index contributed by atoms with van der Waals surface area (Å²) in [4.78, 5) is 0. The SMILES string of the molecule is COc1ccc(C(Cl)c2cc(Br)ccc2Cl)c(C)c1. The van der Waals surface area contributed by atoms with E-state index in [9.17, 15) is 0 Å². The Balaban J connectivity index is 2.43. The lowest BCUT2D eigenvalue weighted by Crippen LogP contribution is -1.98. The molecule has 0 saturated heterocycles. The highest BCUT2D eigenvalue weighted by Crippen LogP contribution is 2.37. The van der Waals surface area contributed by atoms with Crippen LogP contribution in [0.15, 0.2) is 40.9 Å². The molecule has 0 bridgehead atoms. The van der Waals surface area contributed by atoms with E-state index in [0.29, 0.717) is 5.02 Å². The van der Waals surface area contributed by atoms with Crippen molar-refractivity contribution in [3.05, 3.63) is 62.6 Å². The molecule has 0 saturated carbocycles. The first-order valence-electron chi connectivity index (χ1n) is 5.76. The predicted octanol–water partition coefficient (Wildman–Crippen LogP) is 5.75. The molecule has 2 aromatic carbocycles. The maximum absolute atomic E-state index is 6.56. The van der Waals surface area contributed by atoms with Gasteiger partial charge in [0.2, 0.25) is 0 Å². The van der Waals surface area contributed by atoms with E-state index >= 15 is 0 Å². The molecule has 0 heterocycles. The number of hydrogen-bond acceptors (Lipinski definition) is 1. The van der Waals surface area contributed by atoms with Crippen LogP contribution < -0.4 is 4.74 Å². The highest BCUT2D eigenvalue weighted by atomic mass is 79.9. The van der Waals surface area contributed by atoms with E-state index in [2.05, 4.69) is 15.9 Å². The van der Waals surface area contributed by atoms with Gasteiger partial charge in [-0.05, 0) is 53.9 Å². The summed E-state index contributed by atoms with van der Waals surface area (Å²) in [5, 5.41) is 0.384. The first kappa shape index (κ1) is 14.7. The van der Waals surface area contributed by atoms with Gasteiger partial charge in [0.05, 0.1) is 12.5 Å². The van der Waals surface area contributed by atoms with Crippen molar-refractivity contribution < 1.29 is 4.74 Å². The number of ether oxygens (including phenoxy) is 1. The van der Waals surface area contributed by atoms with Gasteiger partial charge >= 0.3 is 0 Å². The Kier molecular flexibility index (Phi) is 4.77. The zero-order valence-electron chi connectivity index (χ0n) is 10.6. The molecule has 0 N–H and O–H groups in total. The second kappa shape index (κ2) is 6.17. The van der Waals surface area contributed by atoms with Crippen LogP contribution in [0.3, 0.4) is 0 Å². The Morgan fingerprint density at radius 3 is 2.47 bits per heavy atom. The lowest BCUT2D eigenvalue weighted by atomic mass is 10.00. The van der Waals surface area contributed by atoms with E-state index in [1.807, 2.05) is 43.3 Å². The molecule has 0 fully saturated rings. The molecule has 2 rings (SSSR count). The number of rotatable bonds is 3. The van der Waals surface area contributed by atoms with E-state index in [1.165, 1.54) is 0 Å². The zero-order chi connectivity index (χ0) is 14.0. The maximum atomic E-state index is 6.56. The Morgan fingerprint density at radius 1 is 1.11 bits per heavy atom. The summed E-state index contributed by atoms with van der Waals surface area (Å²) < 4.78 is 6.16. The van der Waals surface area contributed by atoms with Crippen molar-refractivity contribution in [2.24, 2.45) is 0 Å². The van der Waals surface area contributed by atoms with Gasteiger partial charge in [-0.3, -0.25) is 0 Å². The quantitative estimate of drug-likeness (QED) is 0.634. The van der Waals surface area contributed by atoms with Gasteiger partial charge in [0, 0.05) is 9.50 Å². The van der Waals surface area contributed by atoms with Gasteiger partial charge in [-0.1, -0.05) is 33.6 Å². The van der Waals surface area contributed by atoms with E-state index in [-0.39, 0.29) is 5.38 Å². The molecule has 4 heteroatoms. The van der Waals surface area contributed by atoms with Crippen LogP contribution in [0.1, 0.15) is 22.1 Å². The summed E-state index contributed by atoms with van der Waals surface area (Å²) in [5.74, 6) is 0.824. The van der Waals surface area contributed by atoms with Gasteiger partial charge in [-0.2, -0.15) is 0 Å². The summed E-state index contributed by atoms with van der Waals surface area (Å²) in [7, 11) is 1.65. The fourth-order valence-electron chi connectivity index (χ4n) is 1.94. The van der Waals surface area contributed by atoms with Crippen molar-refractivity contribution >= 4 is 39.1 Å². The topological polar surface area (TPSA) is 9.23 Å². The average Bonchev–Trinajstić information content (AvgIpc) is 2.40. The van der Waals surface area contributed by atoms with Crippen molar-refractivity contribution in [3.8, 4) is 5.75 Å². The maximum Gasteiger partial charge on any atom is 0.119 e. The predicted molar refractivity (Wildman–Crippen MR) is 84.6 cm³/mol. The average molecular weight is 360 g/mol. The number of benzene rings is 2. The third-order valence-corrected chi connectivity index (χ3v) is 4.29. The molecule has 0 aliphatic carbocycles. The van der Waals surface area contributed by atoms with Crippen molar-refractivity contribution in [1.29, 1.82) is 0 Å². The number of halogens is 3. The van der Waals surface area contributed by atoms with Crippen LogP contribution >= 0.6 is 39.1 Å². The monoisotopic (exact) mass is 358 g/mol. The van der Waals surface area contributed by atoms with Crippen molar-refractivity contribution in [2.45, 2.75) is 12.3 Å². The molecule has 0 aromatic heterocycles. The molecule has 19 heavy (non-hydrogen) atoms. The molecular weight excluding hydrogens is 347 g/mol. The van der Waals surface area contributed by atoms with Crippen LogP contribution in [0.2, 0.25) is 5.02 Å². The van der Waals surface area contributed by atoms with Crippen LogP contribution in [-0.2, 0) is 0 Å². The standard InChI is InChI=1S/C15H13BrCl2O/c1-9-7-11(19-2)4-5-12(9)15(18)13-8-10(16)3-6-14(13)17/h3-8,15H,1-2H3. The number of hydrogen-bond donors (Lipinski definition) is 0. The molecule has 0 radical (unpaired) electrons. The van der Waals surface area contributed by atoms with Crippen LogP contribution in [0.25, 0.3) is 0 Å². The van der Waals surface area contributed by atoms with Crippen molar-refractivity contribution in [2.75, 3.05) is 7.11 Å². The largest absolute Gasteiger partial charge is 0.497 e. The van der Waals surface area contributed by atoms with E-state index in [0.717, 1.165) is 26.9 Å². The number of methoxy groups -OCH3 is 1. The van der Waals surface area contributed by atoms with Gasteiger partial charge in [0.1, 0.15) is 5.75 Å². The third-order valence-electron chi connectivity index (χ3n) is 2.98. The van der Waals surface area contributed by atoms with Crippen LogP contribution in [0.4, 0.5) is 0 Å². The van der Waals surface area contributed by atoms with Gasteiger partial charge in [0.25, 0.3) is 0 Å². The molecule has 0 aliphatic rings. The second-order valence-electron chi connectivity index (χ2n) is 4.25. The first-order chi connectivity index (χ1) is 9.02. The molecule has 100 valence electrons. The van der Waals surface area contributed by atoms with Crippen molar-refractivity contribution in [3.63, 3.8) is 0 Å². The lowest BCUT2D eigenvalue weighted by molar-refractivity contribution is 0.414. The fraction of sp³-hybridized carbons (Fsp3) is 0.200. The minimum Gasteiger partial charge on any atom is -0.497 e. The minimum absolute atomic E-state index is 0.282. The molecule has 0 spiro atoms. The Morgan fingerprint density at radius 2 is 1.84 bits per heavy atom. The van der Waals surface area contributed by atoms with Gasteiger partial charge in [0.15, 0.2) is 0 Å². The van der Waals surface area contributed by atoms with Gasteiger partial charge in [-0.25, -0.2) is 0 Å². The van der Waals surface area contributed by atoms with Gasteiger partial charge in [-0.15, -0.1) is 11.6 Å².